The second-order valence-electron chi connectivity index (χ2n) is 7.98. The van der Waals surface area contributed by atoms with Crippen molar-refractivity contribution in [2.75, 3.05) is 43.4 Å². The maximum Gasteiger partial charge on any atom is 0.243 e. The summed E-state index contributed by atoms with van der Waals surface area (Å²) in [6, 6.07) is 12.9. The number of rotatable bonds is 8. The first-order valence-electron chi connectivity index (χ1n) is 10.5. The van der Waals surface area contributed by atoms with E-state index >= 15 is 0 Å². The minimum atomic E-state index is -3.79. The smallest absolute Gasteiger partial charge is 0.243 e. The SMILES string of the molecule is Cc1ccc(C(C)NC(=O)CN(c2ccc(S(=O)(=O)N3CCOCC3)cc2)S(C)(=O)=O)cc1. The monoisotopic (exact) mass is 495 g/mol. The Hall–Kier alpha value is -2.47. The number of nitrogens with one attached hydrogen (secondary N) is 1. The van der Waals surface area contributed by atoms with Crippen LogP contribution in [0.5, 0.6) is 0 Å². The fourth-order valence-corrected chi connectivity index (χ4v) is 5.74. The van der Waals surface area contributed by atoms with Crippen LogP contribution >= 0.6 is 0 Å². The largest absolute Gasteiger partial charge is 0.379 e. The van der Waals surface area contributed by atoms with Gasteiger partial charge in [-0.25, -0.2) is 16.8 Å². The molecular weight excluding hydrogens is 466 g/mol. The number of nitrogens with zero attached hydrogens (tertiary/aromatic N) is 2. The first-order chi connectivity index (χ1) is 15.5. The number of benzene rings is 2. The zero-order chi connectivity index (χ0) is 24.2. The summed E-state index contributed by atoms with van der Waals surface area (Å²) in [5, 5.41) is 2.81. The van der Waals surface area contributed by atoms with Gasteiger partial charge >= 0.3 is 0 Å². The van der Waals surface area contributed by atoms with Crippen molar-refractivity contribution in [3.05, 3.63) is 59.7 Å². The Bertz CT molecular complexity index is 1170. The summed E-state index contributed by atoms with van der Waals surface area (Å²) in [6.45, 7) is 4.54. The Morgan fingerprint density at radius 1 is 1.03 bits per heavy atom. The lowest BCUT2D eigenvalue weighted by Gasteiger charge is -2.26. The van der Waals surface area contributed by atoms with Crippen LogP contribution in [-0.4, -0.2) is 66.2 Å². The van der Waals surface area contributed by atoms with Crippen molar-refractivity contribution in [2.45, 2.75) is 24.8 Å². The quantitative estimate of drug-likeness (QED) is 0.596. The molecule has 1 heterocycles. The minimum Gasteiger partial charge on any atom is -0.379 e. The van der Waals surface area contributed by atoms with Gasteiger partial charge in [-0.1, -0.05) is 29.8 Å². The van der Waals surface area contributed by atoms with Crippen LogP contribution in [-0.2, 0) is 29.6 Å². The molecule has 0 aliphatic carbocycles. The van der Waals surface area contributed by atoms with Crippen molar-refractivity contribution < 1.29 is 26.4 Å². The molecule has 3 rings (SSSR count). The summed E-state index contributed by atoms with van der Waals surface area (Å²) in [6.07, 6.45) is 1.00. The zero-order valence-electron chi connectivity index (χ0n) is 18.9. The predicted molar refractivity (Wildman–Crippen MR) is 126 cm³/mol. The summed E-state index contributed by atoms with van der Waals surface area (Å²) in [4.78, 5) is 12.7. The standard InChI is InChI=1S/C22H29N3O6S2/c1-17-4-6-19(7-5-17)18(2)23-22(26)16-25(32(3,27)28)20-8-10-21(11-9-20)33(29,30)24-12-14-31-15-13-24/h4-11,18H,12-16H2,1-3H3,(H,23,26). The average Bonchev–Trinajstić information content (AvgIpc) is 2.78. The summed E-state index contributed by atoms with van der Waals surface area (Å²) < 4.78 is 57.9. The van der Waals surface area contributed by atoms with Crippen LogP contribution < -0.4 is 9.62 Å². The molecule has 1 fully saturated rings. The molecule has 1 aliphatic rings. The van der Waals surface area contributed by atoms with Crippen molar-refractivity contribution in [2.24, 2.45) is 0 Å². The molecule has 0 saturated carbocycles. The lowest BCUT2D eigenvalue weighted by molar-refractivity contribution is -0.120. The van der Waals surface area contributed by atoms with E-state index in [1.54, 1.807) is 0 Å². The van der Waals surface area contributed by atoms with Gasteiger partial charge in [-0.15, -0.1) is 0 Å². The number of anilines is 1. The number of ether oxygens (including phenoxy) is 1. The maximum absolute atomic E-state index is 12.8. The summed E-state index contributed by atoms with van der Waals surface area (Å²) >= 11 is 0. The highest BCUT2D eigenvalue weighted by molar-refractivity contribution is 7.92. The van der Waals surface area contributed by atoms with Crippen LogP contribution in [0.25, 0.3) is 0 Å². The molecule has 0 aromatic heterocycles. The molecule has 11 heteroatoms. The van der Waals surface area contributed by atoms with Gasteiger partial charge in [0, 0.05) is 13.1 Å². The molecular formula is C22H29N3O6S2. The van der Waals surface area contributed by atoms with Gasteiger partial charge in [-0.05, 0) is 43.7 Å². The van der Waals surface area contributed by atoms with Gasteiger partial charge < -0.3 is 10.1 Å². The van der Waals surface area contributed by atoms with Gasteiger partial charge in [0.2, 0.25) is 26.0 Å². The summed E-state index contributed by atoms with van der Waals surface area (Å²) in [5.41, 5.74) is 2.20. The van der Waals surface area contributed by atoms with Gasteiger partial charge in [0.05, 0.1) is 36.1 Å². The Kier molecular flexibility index (Phi) is 7.78. The van der Waals surface area contributed by atoms with E-state index in [0.717, 1.165) is 21.7 Å². The Labute approximate surface area is 195 Å². The molecule has 1 aliphatic heterocycles. The van der Waals surface area contributed by atoms with E-state index in [2.05, 4.69) is 5.32 Å². The molecule has 1 atom stereocenters. The molecule has 1 unspecified atom stereocenters. The number of carbonyl (C=O) groups excluding carboxylic acids is 1. The van der Waals surface area contributed by atoms with Gasteiger partial charge in [0.15, 0.2) is 0 Å². The maximum atomic E-state index is 12.8. The van der Waals surface area contributed by atoms with Gasteiger partial charge in [-0.2, -0.15) is 4.31 Å². The van der Waals surface area contributed by atoms with E-state index in [0.29, 0.717) is 13.2 Å². The van der Waals surface area contributed by atoms with E-state index in [4.69, 9.17) is 4.74 Å². The third-order valence-corrected chi connectivity index (χ3v) is 8.43. The third kappa shape index (κ3) is 6.32. The molecule has 2 aromatic carbocycles. The first-order valence-corrected chi connectivity index (χ1v) is 13.8. The van der Waals surface area contributed by atoms with Crippen molar-refractivity contribution in [1.82, 2.24) is 9.62 Å². The van der Waals surface area contributed by atoms with Gasteiger partial charge in [0.25, 0.3) is 0 Å². The van der Waals surface area contributed by atoms with E-state index in [1.165, 1.54) is 28.6 Å². The average molecular weight is 496 g/mol. The number of hydrogen-bond acceptors (Lipinski definition) is 6. The van der Waals surface area contributed by atoms with Crippen molar-refractivity contribution in [3.63, 3.8) is 0 Å². The number of aryl methyl sites for hydroxylation is 1. The van der Waals surface area contributed by atoms with Crippen LogP contribution in [0.1, 0.15) is 24.1 Å². The number of morpholine rings is 1. The fraction of sp³-hybridized carbons (Fsp3) is 0.409. The highest BCUT2D eigenvalue weighted by atomic mass is 32.2. The highest BCUT2D eigenvalue weighted by Gasteiger charge is 2.27. The Morgan fingerprint density at radius 2 is 1.61 bits per heavy atom. The van der Waals surface area contributed by atoms with Crippen molar-refractivity contribution >= 4 is 31.6 Å². The number of amides is 1. The number of sulfonamides is 2. The topological polar surface area (TPSA) is 113 Å². The highest BCUT2D eigenvalue weighted by Crippen LogP contribution is 2.23. The summed E-state index contributed by atoms with van der Waals surface area (Å²) in [7, 11) is -7.50. The molecule has 0 spiro atoms. The van der Waals surface area contributed by atoms with Gasteiger partial charge in [0.1, 0.15) is 6.54 Å². The van der Waals surface area contributed by atoms with Crippen molar-refractivity contribution in [1.29, 1.82) is 0 Å². The molecule has 1 amide bonds. The molecule has 2 aromatic rings. The predicted octanol–water partition coefficient (Wildman–Crippen LogP) is 1.66. The second-order valence-corrected chi connectivity index (χ2v) is 11.8. The zero-order valence-corrected chi connectivity index (χ0v) is 20.5. The molecule has 9 nitrogen and oxygen atoms in total. The second kappa shape index (κ2) is 10.2. The van der Waals surface area contributed by atoms with E-state index in [9.17, 15) is 21.6 Å². The number of carbonyl (C=O) groups is 1. The summed E-state index contributed by atoms with van der Waals surface area (Å²) in [5.74, 6) is -0.474. The first kappa shape index (κ1) is 25.2. The molecule has 33 heavy (non-hydrogen) atoms. The Morgan fingerprint density at radius 3 is 2.15 bits per heavy atom. The van der Waals surface area contributed by atoms with E-state index in [1.807, 2.05) is 38.1 Å². The molecule has 1 N–H and O–H groups in total. The lowest BCUT2D eigenvalue weighted by atomic mass is 10.1. The van der Waals surface area contributed by atoms with E-state index in [-0.39, 0.29) is 29.7 Å². The third-order valence-electron chi connectivity index (χ3n) is 5.37. The Balaban J connectivity index is 1.75. The van der Waals surface area contributed by atoms with E-state index < -0.39 is 32.5 Å². The molecule has 1 saturated heterocycles. The lowest BCUT2D eigenvalue weighted by Crippen LogP contribution is -2.41. The van der Waals surface area contributed by atoms with Crippen LogP contribution in [0.4, 0.5) is 5.69 Å². The van der Waals surface area contributed by atoms with Gasteiger partial charge in [-0.3, -0.25) is 9.10 Å². The molecule has 0 radical (unpaired) electrons. The van der Waals surface area contributed by atoms with Crippen molar-refractivity contribution in [3.8, 4) is 0 Å². The number of hydrogen-bond donors (Lipinski definition) is 1. The normalized spacial score (nSPS) is 16.2. The fourth-order valence-electron chi connectivity index (χ4n) is 3.48. The molecule has 180 valence electrons. The minimum absolute atomic E-state index is 0.0547. The van der Waals surface area contributed by atoms with Crippen LogP contribution in [0.2, 0.25) is 0 Å². The van der Waals surface area contributed by atoms with Crippen LogP contribution in [0.15, 0.2) is 53.4 Å². The van der Waals surface area contributed by atoms with Crippen LogP contribution in [0, 0.1) is 6.92 Å². The van der Waals surface area contributed by atoms with Crippen LogP contribution in [0.3, 0.4) is 0 Å². The molecule has 0 bridgehead atoms.